The number of halogens is 1. The van der Waals surface area contributed by atoms with Crippen molar-refractivity contribution in [1.82, 2.24) is 9.47 Å². The molecule has 6 heteroatoms. The molecule has 3 aromatic carbocycles. The van der Waals surface area contributed by atoms with Crippen molar-refractivity contribution in [3.63, 3.8) is 0 Å². The molecule has 1 saturated heterocycles. The summed E-state index contributed by atoms with van der Waals surface area (Å²) in [6, 6.07) is 22.9. The molecule has 1 atom stereocenters. The van der Waals surface area contributed by atoms with Gasteiger partial charge in [0, 0.05) is 62.2 Å². The summed E-state index contributed by atoms with van der Waals surface area (Å²) >= 11 is 0. The number of hydrogen-bond acceptors (Lipinski definition) is 3. The van der Waals surface area contributed by atoms with E-state index in [0.29, 0.717) is 19.5 Å². The van der Waals surface area contributed by atoms with Crippen molar-refractivity contribution >= 4 is 22.5 Å². The number of ether oxygens (including phenoxy) is 1. The van der Waals surface area contributed by atoms with Gasteiger partial charge in [0.2, 0.25) is 5.91 Å². The Labute approximate surface area is 211 Å². The monoisotopic (exact) mass is 485 g/mol. The van der Waals surface area contributed by atoms with Crippen molar-refractivity contribution in [1.29, 1.82) is 0 Å². The Balaban J connectivity index is 1.39. The Hall–Kier alpha value is -3.80. The number of carbonyl (C=O) groups is 1. The average molecular weight is 486 g/mol. The Kier molecular flexibility index (Phi) is 6.94. The third-order valence-electron chi connectivity index (χ3n) is 7.22. The number of amides is 1. The van der Waals surface area contributed by atoms with Gasteiger partial charge in [-0.2, -0.15) is 0 Å². The maximum absolute atomic E-state index is 14.3. The van der Waals surface area contributed by atoms with Crippen LogP contribution in [-0.4, -0.2) is 48.7 Å². The number of hydrogen-bond donors (Lipinski definition) is 0. The standard InChI is InChI=1S/C30H32FN3O2/c1-3-32-21-26(24-11-4-5-12-27(24)32)25(22-9-8-10-23(31)19-22)20-30(35)34-17-15-33(16-18-34)28-13-6-7-14-29(28)36-2/h4-14,19,21,25H,3,15-18,20H2,1-2H3. The van der Waals surface area contributed by atoms with Crippen molar-refractivity contribution in [2.24, 2.45) is 0 Å². The maximum atomic E-state index is 14.3. The van der Waals surface area contributed by atoms with Crippen molar-refractivity contribution in [2.75, 3.05) is 38.2 Å². The Bertz CT molecular complexity index is 1360. The molecule has 36 heavy (non-hydrogen) atoms. The molecule has 0 radical (unpaired) electrons. The zero-order valence-corrected chi connectivity index (χ0v) is 20.9. The fourth-order valence-electron chi connectivity index (χ4n) is 5.34. The number of carbonyl (C=O) groups excluding carboxylic acids is 1. The summed E-state index contributed by atoms with van der Waals surface area (Å²) in [7, 11) is 1.68. The number of piperazine rings is 1. The molecule has 0 bridgehead atoms. The summed E-state index contributed by atoms with van der Waals surface area (Å²) < 4.78 is 22.0. The quantitative estimate of drug-likeness (QED) is 0.338. The highest BCUT2D eigenvalue weighted by atomic mass is 19.1. The van der Waals surface area contributed by atoms with Crippen LogP contribution >= 0.6 is 0 Å². The van der Waals surface area contributed by atoms with E-state index >= 15 is 0 Å². The number of aromatic nitrogens is 1. The van der Waals surface area contributed by atoms with Crippen LogP contribution in [0.1, 0.15) is 30.4 Å². The van der Waals surface area contributed by atoms with Gasteiger partial charge in [-0.1, -0.05) is 42.5 Å². The van der Waals surface area contributed by atoms with Crippen LogP contribution in [0.3, 0.4) is 0 Å². The maximum Gasteiger partial charge on any atom is 0.223 e. The molecule has 0 saturated carbocycles. The van der Waals surface area contributed by atoms with E-state index in [1.54, 1.807) is 19.2 Å². The van der Waals surface area contributed by atoms with E-state index in [2.05, 4.69) is 40.8 Å². The first-order chi connectivity index (χ1) is 17.6. The van der Waals surface area contributed by atoms with Gasteiger partial charge in [-0.3, -0.25) is 4.79 Å². The van der Waals surface area contributed by atoms with Gasteiger partial charge in [-0.05, 0) is 48.4 Å². The molecule has 2 heterocycles. The van der Waals surface area contributed by atoms with E-state index in [4.69, 9.17) is 4.74 Å². The molecular formula is C30H32FN3O2. The molecule has 1 amide bonds. The van der Waals surface area contributed by atoms with Gasteiger partial charge in [0.05, 0.1) is 12.8 Å². The van der Waals surface area contributed by atoms with E-state index in [1.807, 2.05) is 41.3 Å². The highest BCUT2D eigenvalue weighted by Gasteiger charge is 2.28. The minimum Gasteiger partial charge on any atom is -0.495 e. The number of nitrogens with zero attached hydrogens (tertiary/aromatic N) is 3. The SMILES string of the molecule is CCn1cc(C(CC(=O)N2CCN(c3ccccc3OC)CC2)c2cccc(F)c2)c2ccccc21. The molecule has 1 unspecified atom stereocenters. The molecule has 5 nitrogen and oxygen atoms in total. The highest BCUT2D eigenvalue weighted by Crippen LogP contribution is 2.36. The summed E-state index contributed by atoms with van der Waals surface area (Å²) in [5.74, 6) is 0.431. The summed E-state index contributed by atoms with van der Waals surface area (Å²) in [5.41, 5.74) is 4.08. The van der Waals surface area contributed by atoms with Gasteiger partial charge >= 0.3 is 0 Å². The third kappa shape index (κ3) is 4.68. The Morgan fingerprint density at radius 3 is 2.47 bits per heavy atom. The second-order valence-corrected chi connectivity index (χ2v) is 9.24. The van der Waals surface area contributed by atoms with E-state index in [-0.39, 0.29) is 17.6 Å². The number of fused-ring (bicyclic) bond motifs is 1. The van der Waals surface area contributed by atoms with Crippen LogP contribution in [0.4, 0.5) is 10.1 Å². The third-order valence-corrected chi connectivity index (χ3v) is 7.22. The second kappa shape index (κ2) is 10.4. The number of aryl methyl sites for hydroxylation is 1. The van der Waals surface area contributed by atoms with Crippen molar-refractivity contribution in [3.8, 4) is 5.75 Å². The van der Waals surface area contributed by atoms with Crippen LogP contribution in [0.2, 0.25) is 0 Å². The van der Waals surface area contributed by atoms with Gasteiger partial charge in [0.25, 0.3) is 0 Å². The van der Waals surface area contributed by atoms with Gasteiger partial charge in [-0.25, -0.2) is 4.39 Å². The molecule has 1 aliphatic heterocycles. The van der Waals surface area contributed by atoms with E-state index in [0.717, 1.165) is 53.1 Å². The molecule has 0 N–H and O–H groups in total. The van der Waals surface area contributed by atoms with Gasteiger partial charge in [0.15, 0.2) is 0 Å². The number of rotatable bonds is 7. The molecule has 5 rings (SSSR count). The molecule has 0 spiro atoms. The first-order valence-electron chi connectivity index (χ1n) is 12.6. The lowest BCUT2D eigenvalue weighted by molar-refractivity contribution is -0.131. The van der Waals surface area contributed by atoms with Gasteiger partial charge in [-0.15, -0.1) is 0 Å². The molecular weight excluding hydrogens is 453 g/mol. The van der Waals surface area contributed by atoms with Crippen LogP contribution in [-0.2, 0) is 11.3 Å². The number of para-hydroxylation sites is 3. The molecule has 4 aromatic rings. The zero-order chi connectivity index (χ0) is 25.1. The van der Waals surface area contributed by atoms with Crippen LogP contribution < -0.4 is 9.64 Å². The minimum atomic E-state index is -0.283. The highest BCUT2D eigenvalue weighted by molar-refractivity contribution is 5.87. The van der Waals surface area contributed by atoms with Crippen LogP contribution in [0.15, 0.2) is 79.0 Å². The molecule has 1 fully saturated rings. The van der Waals surface area contributed by atoms with Crippen molar-refractivity contribution < 1.29 is 13.9 Å². The fourth-order valence-corrected chi connectivity index (χ4v) is 5.34. The van der Waals surface area contributed by atoms with Crippen molar-refractivity contribution in [3.05, 3.63) is 95.9 Å². The van der Waals surface area contributed by atoms with Crippen LogP contribution in [0.25, 0.3) is 10.9 Å². The first kappa shape index (κ1) is 23.9. The summed E-state index contributed by atoms with van der Waals surface area (Å²) in [6.07, 6.45) is 2.43. The van der Waals surface area contributed by atoms with Crippen LogP contribution in [0, 0.1) is 5.82 Å². The molecule has 1 aliphatic rings. The van der Waals surface area contributed by atoms with Crippen molar-refractivity contribution in [2.45, 2.75) is 25.8 Å². The van der Waals surface area contributed by atoms with Gasteiger partial charge in [0.1, 0.15) is 11.6 Å². The molecule has 1 aromatic heterocycles. The van der Waals surface area contributed by atoms with E-state index in [1.165, 1.54) is 6.07 Å². The topological polar surface area (TPSA) is 37.7 Å². The largest absolute Gasteiger partial charge is 0.495 e. The normalized spacial score (nSPS) is 14.8. The molecule has 186 valence electrons. The first-order valence-corrected chi connectivity index (χ1v) is 12.6. The minimum absolute atomic E-state index is 0.0947. The number of anilines is 1. The zero-order valence-electron chi connectivity index (χ0n) is 20.9. The Morgan fingerprint density at radius 2 is 1.72 bits per heavy atom. The summed E-state index contributed by atoms with van der Waals surface area (Å²) in [6.45, 7) is 5.71. The molecule has 0 aliphatic carbocycles. The average Bonchev–Trinajstić information content (AvgIpc) is 3.30. The fraction of sp³-hybridized carbons (Fsp3) is 0.300. The lowest BCUT2D eigenvalue weighted by atomic mass is 9.87. The predicted octanol–water partition coefficient (Wildman–Crippen LogP) is 5.68. The number of methoxy groups -OCH3 is 1. The smallest absolute Gasteiger partial charge is 0.223 e. The van der Waals surface area contributed by atoms with Crippen LogP contribution in [0.5, 0.6) is 5.75 Å². The summed E-state index contributed by atoms with van der Waals surface area (Å²) in [5, 5.41) is 1.11. The lowest BCUT2D eigenvalue weighted by Crippen LogP contribution is -2.49. The van der Waals surface area contributed by atoms with Gasteiger partial charge < -0.3 is 19.1 Å². The van der Waals surface area contributed by atoms with E-state index in [9.17, 15) is 9.18 Å². The lowest BCUT2D eigenvalue weighted by Gasteiger charge is -2.37. The summed E-state index contributed by atoms with van der Waals surface area (Å²) in [4.78, 5) is 17.8. The van der Waals surface area contributed by atoms with E-state index < -0.39 is 0 Å². The Morgan fingerprint density at radius 1 is 0.972 bits per heavy atom. The predicted molar refractivity (Wildman–Crippen MR) is 142 cm³/mol. The second-order valence-electron chi connectivity index (χ2n) is 9.24. The number of benzene rings is 3.